The highest BCUT2D eigenvalue weighted by Crippen LogP contribution is 2.26. The van der Waals surface area contributed by atoms with Crippen molar-refractivity contribution >= 4 is 35.6 Å². The van der Waals surface area contributed by atoms with E-state index >= 15 is 0 Å². The number of benzene rings is 2. The Morgan fingerprint density at radius 2 is 1.90 bits per heavy atom. The molecule has 0 N–H and O–H groups in total. The van der Waals surface area contributed by atoms with Crippen LogP contribution in [0.1, 0.15) is 19.2 Å². The molecular weight excluding hydrogens is 409 g/mol. The SMILES string of the molecule is CCOc1ccc(N=C([O-])C[n+]2cc(-c3ccc(Cl)cc3)n3c2CCC3)cc1.Cl. The first kappa shape index (κ1) is 21.2. The predicted molar refractivity (Wildman–Crippen MR) is 115 cm³/mol. The standard InChI is InChI=1S/C22H22ClN3O2.ClH/c1-2-28-19-11-9-18(10-12-19)24-21(27)15-25-14-20(26-13-3-4-22(25)26)16-5-7-17(23)8-6-16;/h5-12,14H,2-4,13,15H2,1H3;1H. The van der Waals surface area contributed by atoms with E-state index in [2.05, 4.69) is 9.56 Å². The lowest BCUT2D eigenvalue weighted by Crippen LogP contribution is -2.43. The minimum absolute atomic E-state index is 0. The number of fused-ring (bicyclic) bond motifs is 1. The molecule has 1 aliphatic rings. The summed E-state index contributed by atoms with van der Waals surface area (Å²) < 4.78 is 9.73. The average Bonchev–Trinajstić information content (AvgIpc) is 3.28. The first-order chi connectivity index (χ1) is 13.6. The number of aromatic nitrogens is 2. The summed E-state index contributed by atoms with van der Waals surface area (Å²) in [7, 11) is 0. The Kier molecular flexibility index (Phi) is 6.83. The number of halogens is 2. The van der Waals surface area contributed by atoms with Crippen molar-refractivity contribution in [3.8, 4) is 17.0 Å². The lowest BCUT2D eigenvalue weighted by atomic mass is 10.2. The Morgan fingerprint density at radius 3 is 2.59 bits per heavy atom. The van der Waals surface area contributed by atoms with E-state index in [1.165, 1.54) is 5.82 Å². The third-order valence-corrected chi connectivity index (χ3v) is 5.09. The van der Waals surface area contributed by atoms with Crippen LogP contribution in [0.5, 0.6) is 5.75 Å². The molecule has 7 heteroatoms. The summed E-state index contributed by atoms with van der Waals surface area (Å²) >= 11 is 6.02. The summed E-state index contributed by atoms with van der Waals surface area (Å²) in [5.74, 6) is 1.78. The van der Waals surface area contributed by atoms with Crippen LogP contribution in [-0.2, 0) is 19.5 Å². The molecule has 0 unspecified atom stereocenters. The van der Waals surface area contributed by atoms with Crippen molar-refractivity contribution in [2.75, 3.05) is 6.61 Å². The van der Waals surface area contributed by atoms with Gasteiger partial charge in [0.25, 0.3) is 5.82 Å². The lowest BCUT2D eigenvalue weighted by Gasteiger charge is -2.09. The second kappa shape index (κ2) is 9.33. The lowest BCUT2D eigenvalue weighted by molar-refractivity contribution is -0.693. The van der Waals surface area contributed by atoms with Crippen molar-refractivity contribution < 1.29 is 14.4 Å². The van der Waals surface area contributed by atoms with Crippen LogP contribution in [-0.4, -0.2) is 17.1 Å². The van der Waals surface area contributed by atoms with Crippen molar-refractivity contribution in [2.45, 2.75) is 32.9 Å². The molecule has 4 rings (SSSR count). The maximum Gasteiger partial charge on any atom is 0.257 e. The zero-order chi connectivity index (χ0) is 19.5. The first-order valence-electron chi connectivity index (χ1n) is 9.49. The van der Waals surface area contributed by atoms with Gasteiger partial charge in [-0.05, 0) is 61.9 Å². The summed E-state index contributed by atoms with van der Waals surface area (Å²) in [4.78, 5) is 4.23. The van der Waals surface area contributed by atoms with Gasteiger partial charge in [0, 0.05) is 16.5 Å². The largest absolute Gasteiger partial charge is 0.859 e. The normalized spacial score (nSPS) is 13.1. The van der Waals surface area contributed by atoms with Gasteiger partial charge in [0.05, 0.1) is 25.3 Å². The van der Waals surface area contributed by atoms with Crippen molar-refractivity contribution in [1.82, 2.24) is 4.57 Å². The summed E-state index contributed by atoms with van der Waals surface area (Å²) in [6, 6.07) is 15.1. The van der Waals surface area contributed by atoms with Gasteiger partial charge < -0.3 is 9.84 Å². The number of hydrogen-bond acceptors (Lipinski definition) is 3. The van der Waals surface area contributed by atoms with E-state index in [4.69, 9.17) is 16.3 Å². The van der Waals surface area contributed by atoms with Crippen molar-refractivity contribution in [2.24, 2.45) is 4.99 Å². The zero-order valence-electron chi connectivity index (χ0n) is 16.2. The number of imidazole rings is 1. The molecule has 0 saturated heterocycles. The van der Waals surface area contributed by atoms with Crippen molar-refractivity contribution in [3.05, 3.63) is 65.6 Å². The Morgan fingerprint density at radius 1 is 1.17 bits per heavy atom. The van der Waals surface area contributed by atoms with E-state index in [1.54, 1.807) is 12.1 Å². The second-order valence-corrected chi connectivity index (χ2v) is 7.19. The molecule has 2 heterocycles. The Balaban J connectivity index is 0.00000240. The molecule has 0 spiro atoms. The van der Waals surface area contributed by atoms with Gasteiger partial charge in [-0.3, -0.25) is 4.99 Å². The van der Waals surface area contributed by atoms with E-state index in [0.29, 0.717) is 17.3 Å². The Hall–Kier alpha value is -2.50. The molecule has 0 amide bonds. The van der Waals surface area contributed by atoms with Crippen LogP contribution < -0.4 is 14.4 Å². The fourth-order valence-electron chi connectivity index (χ4n) is 3.61. The van der Waals surface area contributed by atoms with Crippen molar-refractivity contribution in [1.29, 1.82) is 0 Å². The monoisotopic (exact) mass is 431 g/mol. The fraction of sp³-hybridized carbons (Fsp3) is 0.273. The molecule has 0 aliphatic carbocycles. The van der Waals surface area contributed by atoms with Gasteiger partial charge >= 0.3 is 0 Å². The third kappa shape index (κ3) is 4.74. The minimum atomic E-state index is -0.169. The molecule has 1 aromatic heterocycles. The quantitative estimate of drug-likeness (QED) is 0.337. The second-order valence-electron chi connectivity index (χ2n) is 6.75. The van der Waals surface area contributed by atoms with Crippen LogP contribution in [0, 0.1) is 0 Å². The van der Waals surface area contributed by atoms with Crippen LogP contribution in [0.3, 0.4) is 0 Å². The Bertz CT molecular complexity index is 996. The molecule has 29 heavy (non-hydrogen) atoms. The van der Waals surface area contributed by atoms with Crippen molar-refractivity contribution in [3.63, 3.8) is 0 Å². The minimum Gasteiger partial charge on any atom is -0.859 e. The fourth-order valence-corrected chi connectivity index (χ4v) is 3.73. The van der Waals surface area contributed by atoms with Crippen LogP contribution in [0.2, 0.25) is 5.02 Å². The van der Waals surface area contributed by atoms with E-state index < -0.39 is 0 Å². The number of ether oxygens (including phenoxy) is 1. The highest BCUT2D eigenvalue weighted by molar-refractivity contribution is 6.30. The highest BCUT2D eigenvalue weighted by Gasteiger charge is 2.28. The summed E-state index contributed by atoms with van der Waals surface area (Å²) in [6.07, 6.45) is 4.09. The Labute approximate surface area is 181 Å². The number of nitrogens with zero attached hydrogens (tertiary/aromatic N) is 3. The van der Waals surface area contributed by atoms with E-state index in [0.717, 1.165) is 36.4 Å². The first-order valence-corrected chi connectivity index (χ1v) is 9.87. The van der Waals surface area contributed by atoms with E-state index in [1.807, 2.05) is 54.1 Å². The van der Waals surface area contributed by atoms with Crippen LogP contribution in [0.4, 0.5) is 5.69 Å². The maximum absolute atomic E-state index is 12.5. The number of rotatable bonds is 6. The van der Waals surface area contributed by atoms with Gasteiger partial charge in [-0.2, -0.15) is 0 Å². The average molecular weight is 432 g/mol. The smallest absolute Gasteiger partial charge is 0.257 e. The summed E-state index contributed by atoms with van der Waals surface area (Å²) in [5, 5.41) is 13.3. The van der Waals surface area contributed by atoms with Gasteiger partial charge in [0.1, 0.15) is 18.5 Å². The van der Waals surface area contributed by atoms with E-state index in [-0.39, 0.29) is 24.8 Å². The molecule has 3 aromatic rings. The van der Waals surface area contributed by atoms with Gasteiger partial charge in [0.15, 0.2) is 5.69 Å². The molecule has 0 radical (unpaired) electrons. The summed E-state index contributed by atoms with van der Waals surface area (Å²) in [5.41, 5.74) is 2.85. The van der Waals surface area contributed by atoms with Crippen LogP contribution in [0.25, 0.3) is 11.3 Å². The predicted octanol–water partition coefficient (Wildman–Crippen LogP) is 3.95. The molecule has 0 bridgehead atoms. The number of aliphatic imine (C=N–C) groups is 1. The molecule has 0 atom stereocenters. The molecule has 0 saturated carbocycles. The zero-order valence-corrected chi connectivity index (χ0v) is 17.7. The van der Waals surface area contributed by atoms with Gasteiger partial charge in [-0.15, -0.1) is 12.4 Å². The molecule has 1 aliphatic heterocycles. The van der Waals surface area contributed by atoms with Crippen LogP contribution >= 0.6 is 24.0 Å². The van der Waals surface area contributed by atoms with Gasteiger partial charge in [0.2, 0.25) is 0 Å². The molecule has 5 nitrogen and oxygen atoms in total. The topological polar surface area (TPSA) is 53.5 Å². The maximum atomic E-state index is 12.5. The molecule has 152 valence electrons. The van der Waals surface area contributed by atoms with Gasteiger partial charge in [-0.25, -0.2) is 9.13 Å². The summed E-state index contributed by atoms with van der Waals surface area (Å²) in [6.45, 7) is 3.75. The van der Waals surface area contributed by atoms with Crippen LogP contribution in [0.15, 0.2) is 59.7 Å². The van der Waals surface area contributed by atoms with E-state index in [9.17, 15) is 5.11 Å². The molecule has 0 fully saturated rings. The molecule has 2 aromatic carbocycles. The number of hydrogen-bond donors (Lipinski definition) is 0. The highest BCUT2D eigenvalue weighted by atomic mass is 35.5. The molecular formula is C22H23Cl2N3O2. The third-order valence-electron chi connectivity index (χ3n) is 4.84. The van der Waals surface area contributed by atoms with Gasteiger partial charge in [-0.1, -0.05) is 11.6 Å².